The molecule has 4 heteroatoms. The second-order valence-electron chi connectivity index (χ2n) is 2.93. The number of methoxy groups -OCH3 is 1. The zero-order chi connectivity index (χ0) is 10.1. The third-order valence-electron chi connectivity index (χ3n) is 2.04. The van der Waals surface area contributed by atoms with Gasteiger partial charge >= 0.3 is 0 Å². The van der Waals surface area contributed by atoms with Gasteiger partial charge in [0.25, 0.3) is 0 Å². The molecule has 0 N–H and O–H groups in total. The van der Waals surface area contributed by atoms with Crippen LogP contribution in [-0.2, 0) is 0 Å². The average Bonchev–Trinajstić information content (AvgIpc) is 2.58. The van der Waals surface area contributed by atoms with E-state index in [4.69, 9.17) is 10.00 Å². The molecule has 0 spiro atoms. The van der Waals surface area contributed by atoms with Crippen LogP contribution in [0.2, 0.25) is 0 Å². The molecular weight excluding hydrogens is 196 g/mol. The van der Waals surface area contributed by atoms with E-state index in [2.05, 4.69) is 11.1 Å². The Labute approximate surface area is 85.6 Å². The Morgan fingerprint density at radius 3 is 3.00 bits per heavy atom. The van der Waals surface area contributed by atoms with Crippen LogP contribution in [0.15, 0.2) is 11.4 Å². The molecule has 0 bridgehead atoms. The lowest BCUT2D eigenvalue weighted by Gasteiger charge is -2.00. The van der Waals surface area contributed by atoms with Crippen LogP contribution in [0.3, 0.4) is 0 Å². The van der Waals surface area contributed by atoms with Crippen molar-refractivity contribution in [1.29, 1.82) is 5.26 Å². The summed E-state index contributed by atoms with van der Waals surface area (Å²) in [5.74, 6) is 0.404. The van der Waals surface area contributed by atoms with E-state index >= 15 is 0 Å². The van der Waals surface area contributed by atoms with E-state index < -0.39 is 0 Å². The summed E-state index contributed by atoms with van der Waals surface area (Å²) >= 11 is 1.56. The Hall–Kier alpha value is -1.60. The normalized spacial score (nSPS) is 10.1. The van der Waals surface area contributed by atoms with Crippen LogP contribution in [0.4, 0.5) is 0 Å². The van der Waals surface area contributed by atoms with Crippen molar-refractivity contribution >= 4 is 21.6 Å². The van der Waals surface area contributed by atoms with E-state index in [-0.39, 0.29) is 0 Å². The van der Waals surface area contributed by atoms with Crippen molar-refractivity contribution in [2.24, 2.45) is 0 Å². The van der Waals surface area contributed by atoms with Crippen LogP contribution in [0.1, 0.15) is 11.1 Å². The SMILES string of the molecule is COc1nc2scc(C)c2cc1C#N. The molecule has 0 aliphatic carbocycles. The van der Waals surface area contributed by atoms with Crippen LogP contribution in [0, 0.1) is 18.3 Å². The van der Waals surface area contributed by atoms with Gasteiger partial charge in [-0.2, -0.15) is 5.26 Å². The summed E-state index contributed by atoms with van der Waals surface area (Å²) in [4.78, 5) is 5.17. The van der Waals surface area contributed by atoms with Gasteiger partial charge in [0.05, 0.1) is 7.11 Å². The van der Waals surface area contributed by atoms with E-state index in [0.29, 0.717) is 11.4 Å². The summed E-state index contributed by atoms with van der Waals surface area (Å²) in [7, 11) is 1.52. The number of ether oxygens (including phenoxy) is 1. The number of rotatable bonds is 1. The van der Waals surface area contributed by atoms with Crippen LogP contribution >= 0.6 is 11.3 Å². The van der Waals surface area contributed by atoms with Crippen LogP contribution < -0.4 is 4.74 Å². The molecule has 0 saturated heterocycles. The third kappa shape index (κ3) is 1.22. The maximum Gasteiger partial charge on any atom is 0.232 e. The number of aromatic nitrogens is 1. The molecule has 2 rings (SSSR count). The molecule has 0 atom stereocenters. The minimum atomic E-state index is 0.404. The number of hydrogen-bond donors (Lipinski definition) is 0. The monoisotopic (exact) mass is 204 g/mol. The van der Waals surface area contributed by atoms with Gasteiger partial charge < -0.3 is 4.74 Å². The molecule has 70 valence electrons. The second-order valence-corrected chi connectivity index (χ2v) is 3.79. The predicted octanol–water partition coefficient (Wildman–Crippen LogP) is 2.49. The minimum Gasteiger partial charge on any atom is -0.480 e. The van der Waals surface area contributed by atoms with E-state index in [0.717, 1.165) is 15.8 Å². The largest absolute Gasteiger partial charge is 0.480 e. The number of pyridine rings is 1. The highest BCUT2D eigenvalue weighted by Gasteiger charge is 2.09. The van der Waals surface area contributed by atoms with Crippen molar-refractivity contribution in [3.63, 3.8) is 0 Å². The Kier molecular flexibility index (Phi) is 2.10. The van der Waals surface area contributed by atoms with Gasteiger partial charge in [0.2, 0.25) is 5.88 Å². The Balaban J connectivity index is 2.79. The van der Waals surface area contributed by atoms with Crippen molar-refractivity contribution in [3.8, 4) is 11.9 Å². The third-order valence-corrected chi connectivity index (χ3v) is 3.04. The number of thiophene rings is 1. The van der Waals surface area contributed by atoms with Crippen molar-refractivity contribution in [3.05, 3.63) is 22.6 Å². The quantitative estimate of drug-likeness (QED) is 0.716. The molecule has 0 fully saturated rings. The van der Waals surface area contributed by atoms with E-state index in [9.17, 15) is 0 Å². The Bertz CT molecular complexity index is 525. The molecule has 0 unspecified atom stereocenters. The van der Waals surface area contributed by atoms with E-state index in [1.54, 1.807) is 11.3 Å². The molecule has 0 aromatic carbocycles. The number of aryl methyl sites for hydroxylation is 1. The van der Waals surface area contributed by atoms with Crippen molar-refractivity contribution in [2.45, 2.75) is 6.92 Å². The van der Waals surface area contributed by atoms with Crippen molar-refractivity contribution in [2.75, 3.05) is 7.11 Å². The average molecular weight is 204 g/mol. The second kappa shape index (κ2) is 3.28. The molecule has 2 heterocycles. The molecule has 0 radical (unpaired) electrons. The topological polar surface area (TPSA) is 45.9 Å². The fraction of sp³-hybridized carbons (Fsp3) is 0.200. The summed E-state index contributed by atoms with van der Waals surface area (Å²) in [6.07, 6.45) is 0. The first-order valence-electron chi connectivity index (χ1n) is 4.09. The van der Waals surface area contributed by atoms with E-state index in [1.807, 2.05) is 18.4 Å². The predicted molar refractivity (Wildman–Crippen MR) is 55.6 cm³/mol. The maximum absolute atomic E-state index is 8.87. The summed E-state index contributed by atoms with van der Waals surface area (Å²) in [5, 5.41) is 11.9. The first kappa shape index (κ1) is 8.97. The highest BCUT2D eigenvalue weighted by molar-refractivity contribution is 7.16. The lowest BCUT2D eigenvalue weighted by molar-refractivity contribution is 0.398. The molecule has 0 aliphatic heterocycles. The highest BCUT2D eigenvalue weighted by atomic mass is 32.1. The van der Waals surface area contributed by atoms with Gasteiger partial charge in [-0.3, -0.25) is 0 Å². The van der Waals surface area contributed by atoms with Gasteiger partial charge in [0.15, 0.2) is 0 Å². The van der Waals surface area contributed by atoms with Crippen LogP contribution in [0.25, 0.3) is 10.2 Å². The number of fused-ring (bicyclic) bond motifs is 1. The molecule has 14 heavy (non-hydrogen) atoms. The lowest BCUT2D eigenvalue weighted by atomic mass is 10.2. The molecule has 0 aliphatic rings. The highest BCUT2D eigenvalue weighted by Crippen LogP contribution is 2.28. The maximum atomic E-state index is 8.87. The van der Waals surface area contributed by atoms with Crippen LogP contribution in [-0.4, -0.2) is 12.1 Å². The Morgan fingerprint density at radius 1 is 1.57 bits per heavy atom. The summed E-state index contributed by atoms with van der Waals surface area (Å²) in [6.45, 7) is 2.01. The molecular formula is C10H8N2OS. The van der Waals surface area contributed by atoms with Crippen molar-refractivity contribution in [1.82, 2.24) is 4.98 Å². The molecule has 0 saturated carbocycles. The molecule has 0 amide bonds. The molecule has 3 nitrogen and oxygen atoms in total. The summed E-state index contributed by atoms with van der Waals surface area (Å²) in [6, 6.07) is 3.90. The molecule has 2 aromatic heterocycles. The zero-order valence-electron chi connectivity index (χ0n) is 7.87. The smallest absolute Gasteiger partial charge is 0.232 e. The van der Waals surface area contributed by atoms with Gasteiger partial charge in [0.1, 0.15) is 16.5 Å². The number of nitriles is 1. The number of hydrogen-bond acceptors (Lipinski definition) is 4. The van der Waals surface area contributed by atoms with E-state index in [1.165, 1.54) is 7.11 Å². The lowest BCUT2D eigenvalue weighted by Crippen LogP contribution is -1.91. The van der Waals surface area contributed by atoms with Crippen LogP contribution in [0.5, 0.6) is 5.88 Å². The minimum absolute atomic E-state index is 0.404. The zero-order valence-corrected chi connectivity index (χ0v) is 8.68. The first-order valence-corrected chi connectivity index (χ1v) is 4.97. The van der Waals surface area contributed by atoms with Gasteiger partial charge in [0, 0.05) is 5.39 Å². The fourth-order valence-electron chi connectivity index (χ4n) is 1.30. The van der Waals surface area contributed by atoms with Gasteiger partial charge in [-0.25, -0.2) is 4.98 Å². The number of nitrogens with zero attached hydrogens (tertiary/aromatic N) is 2. The summed E-state index contributed by atoms with van der Waals surface area (Å²) in [5.41, 5.74) is 1.64. The molecule has 2 aromatic rings. The van der Waals surface area contributed by atoms with Crippen molar-refractivity contribution < 1.29 is 4.74 Å². The fourth-order valence-corrected chi connectivity index (χ4v) is 2.19. The Morgan fingerprint density at radius 2 is 2.36 bits per heavy atom. The van der Waals surface area contributed by atoms with Gasteiger partial charge in [-0.05, 0) is 23.9 Å². The standard InChI is InChI=1S/C10H8N2OS/c1-6-5-14-10-8(6)3-7(4-11)9(12-10)13-2/h3,5H,1-2H3. The first-order chi connectivity index (χ1) is 6.76. The van der Waals surface area contributed by atoms with Gasteiger partial charge in [-0.1, -0.05) is 0 Å². The summed E-state index contributed by atoms with van der Waals surface area (Å²) < 4.78 is 5.03. The van der Waals surface area contributed by atoms with Gasteiger partial charge in [-0.15, -0.1) is 11.3 Å².